The Balaban J connectivity index is 2.26. The highest BCUT2D eigenvalue weighted by Gasteiger charge is 2.17. The van der Waals surface area contributed by atoms with Crippen LogP contribution in [0.3, 0.4) is 0 Å². The van der Waals surface area contributed by atoms with E-state index in [9.17, 15) is 14.9 Å². The van der Waals surface area contributed by atoms with Crippen LogP contribution in [0.5, 0.6) is 0 Å². The molecule has 23 heavy (non-hydrogen) atoms. The number of nitro benzene ring substituents is 1. The standard InChI is InChI=1S/C17H17ClN2O3/c1-11-5-4-6-15(12(11)2)17(21)19(3)10-13-9-14(20(22)23)7-8-16(13)18/h4-9H,10H2,1-3H3. The Labute approximate surface area is 139 Å². The quantitative estimate of drug-likeness (QED) is 0.624. The first-order valence-corrected chi connectivity index (χ1v) is 7.43. The van der Waals surface area contributed by atoms with Crippen LogP contribution in [0, 0.1) is 24.0 Å². The van der Waals surface area contributed by atoms with Crippen molar-refractivity contribution in [3.63, 3.8) is 0 Å². The molecule has 0 atom stereocenters. The molecule has 0 unspecified atom stereocenters. The number of halogens is 1. The second kappa shape index (κ2) is 6.79. The van der Waals surface area contributed by atoms with Crippen LogP contribution in [0.4, 0.5) is 5.69 Å². The summed E-state index contributed by atoms with van der Waals surface area (Å²) in [7, 11) is 1.65. The molecule has 0 bridgehead atoms. The van der Waals surface area contributed by atoms with E-state index in [2.05, 4.69) is 0 Å². The van der Waals surface area contributed by atoms with Gasteiger partial charge in [0, 0.05) is 36.3 Å². The highest BCUT2D eigenvalue weighted by Crippen LogP contribution is 2.24. The average Bonchev–Trinajstić information content (AvgIpc) is 2.51. The number of non-ortho nitro benzene ring substituents is 1. The molecule has 0 aliphatic rings. The smallest absolute Gasteiger partial charge is 0.269 e. The lowest BCUT2D eigenvalue weighted by Gasteiger charge is -2.19. The van der Waals surface area contributed by atoms with Crippen molar-refractivity contribution in [1.82, 2.24) is 4.90 Å². The Morgan fingerprint density at radius 3 is 2.61 bits per heavy atom. The van der Waals surface area contributed by atoms with Gasteiger partial charge in [-0.15, -0.1) is 0 Å². The van der Waals surface area contributed by atoms with Crippen molar-refractivity contribution in [1.29, 1.82) is 0 Å². The molecule has 0 saturated carbocycles. The first-order chi connectivity index (χ1) is 10.8. The van der Waals surface area contributed by atoms with Gasteiger partial charge < -0.3 is 4.90 Å². The van der Waals surface area contributed by atoms with E-state index in [0.717, 1.165) is 11.1 Å². The van der Waals surface area contributed by atoms with Gasteiger partial charge >= 0.3 is 0 Å². The zero-order valence-corrected chi connectivity index (χ0v) is 13.9. The molecular formula is C17H17ClN2O3. The summed E-state index contributed by atoms with van der Waals surface area (Å²) in [4.78, 5) is 24.5. The fourth-order valence-corrected chi connectivity index (χ4v) is 2.49. The second-order valence-electron chi connectivity index (χ2n) is 5.44. The molecule has 0 radical (unpaired) electrons. The van der Waals surface area contributed by atoms with E-state index >= 15 is 0 Å². The highest BCUT2D eigenvalue weighted by atomic mass is 35.5. The van der Waals surface area contributed by atoms with Crippen molar-refractivity contribution >= 4 is 23.2 Å². The number of aryl methyl sites for hydroxylation is 1. The Kier molecular flexibility index (Phi) is 5.01. The molecule has 0 heterocycles. The van der Waals surface area contributed by atoms with Crippen molar-refractivity contribution in [3.8, 4) is 0 Å². The van der Waals surface area contributed by atoms with Crippen LogP contribution in [-0.2, 0) is 6.54 Å². The molecule has 6 heteroatoms. The predicted molar refractivity (Wildman–Crippen MR) is 89.8 cm³/mol. The van der Waals surface area contributed by atoms with Crippen LogP contribution in [0.25, 0.3) is 0 Å². The number of nitrogens with zero attached hydrogens (tertiary/aromatic N) is 2. The van der Waals surface area contributed by atoms with Crippen LogP contribution < -0.4 is 0 Å². The van der Waals surface area contributed by atoms with Crippen molar-refractivity contribution < 1.29 is 9.72 Å². The van der Waals surface area contributed by atoms with Gasteiger partial charge in [-0.2, -0.15) is 0 Å². The predicted octanol–water partition coefficient (Wildman–Crippen LogP) is 4.14. The monoisotopic (exact) mass is 332 g/mol. The SMILES string of the molecule is Cc1cccc(C(=O)N(C)Cc2cc([N+](=O)[O-])ccc2Cl)c1C. The van der Waals surface area contributed by atoms with E-state index in [1.165, 1.54) is 23.1 Å². The number of carbonyl (C=O) groups is 1. The lowest BCUT2D eigenvalue weighted by molar-refractivity contribution is -0.384. The van der Waals surface area contributed by atoms with Crippen LogP contribution in [-0.4, -0.2) is 22.8 Å². The molecule has 0 aromatic heterocycles. The van der Waals surface area contributed by atoms with E-state index in [4.69, 9.17) is 11.6 Å². The summed E-state index contributed by atoms with van der Waals surface area (Å²) in [6, 6.07) is 9.78. The number of hydrogen-bond acceptors (Lipinski definition) is 3. The first-order valence-electron chi connectivity index (χ1n) is 7.05. The Bertz CT molecular complexity index is 774. The number of benzene rings is 2. The van der Waals surface area contributed by atoms with Gasteiger partial charge in [0.15, 0.2) is 0 Å². The maximum Gasteiger partial charge on any atom is 0.269 e. The summed E-state index contributed by atoms with van der Waals surface area (Å²) in [5.74, 6) is -0.145. The molecule has 5 nitrogen and oxygen atoms in total. The molecule has 0 fully saturated rings. The van der Waals surface area contributed by atoms with E-state index in [1.54, 1.807) is 13.1 Å². The van der Waals surface area contributed by atoms with Gasteiger partial charge in [-0.05, 0) is 42.7 Å². The molecule has 2 rings (SSSR count). The zero-order chi connectivity index (χ0) is 17.1. The Hall–Kier alpha value is -2.40. The molecule has 2 aromatic carbocycles. The van der Waals surface area contributed by atoms with Gasteiger partial charge in [0.25, 0.3) is 11.6 Å². The summed E-state index contributed by atoms with van der Waals surface area (Å²) in [6.07, 6.45) is 0. The number of hydrogen-bond donors (Lipinski definition) is 0. The third-order valence-corrected chi connectivity index (χ3v) is 4.20. The average molecular weight is 333 g/mol. The van der Waals surface area contributed by atoms with Gasteiger partial charge in [-0.1, -0.05) is 23.7 Å². The van der Waals surface area contributed by atoms with E-state index in [1.807, 2.05) is 26.0 Å². The van der Waals surface area contributed by atoms with Crippen LogP contribution in [0.2, 0.25) is 5.02 Å². The fraction of sp³-hybridized carbons (Fsp3) is 0.235. The van der Waals surface area contributed by atoms with Crippen LogP contribution in [0.1, 0.15) is 27.0 Å². The summed E-state index contributed by atoms with van der Waals surface area (Å²) in [5, 5.41) is 11.3. The van der Waals surface area contributed by atoms with Crippen LogP contribution >= 0.6 is 11.6 Å². The lowest BCUT2D eigenvalue weighted by Crippen LogP contribution is -2.27. The molecule has 0 N–H and O–H groups in total. The minimum atomic E-state index is -0.480. The van der Waals surface area contributed by atoms with Crippen molar-refractivity contribution in [2.24, 2.45) is 0 Å². The molecule has 0 aliphatic heterocycles. The van der Waals surface area contributed by atoms with E-state index in [0.29, 0.717) is 16.1 Å². The summed E-state index contributed by atoms with van der Waals surface area (Å²) < 4.78 is 0. The zero-order valence-electron chi connectivity index (χ0n) is 13.2. The normalized spacial score (nSPS) is 10.4. The summed E-state index contributed by atoms with van der Waals surface area (Å²) in [5.41, 5.74) is 3.08. The van der Waals surface area contributed by atoms with Gasteiger partial charge in [0.1, 0.15) is 0 Å². The van der Waals surface area contributed by atoms with Crippen molar-refractivity contribution in [2.45, 2.75) is 20.4 Å². The minimum Gasteiger partial charge on any atom is -0.337 e. The van der Waals surface area contributed by atoms with Crippen molar-refractivity contribution in [3.05, 3.63) is 73.8 Å². The molecule has 0 spiro atoms. The maximum atomic E-state index is 12.6. The lowest BCUT2D eigenvalue weighted by atomic mass is 10.0. The molecular weight excluding hydrogens is 316 g/mol. The van der Waals surface area contributed by atoms with Crippen LogP contribution in [0.15, 0.2) is 36.4 Å². The summed E-state index contributed by atoms with van der Waals surface area (Å²) >= 11 is 6.09. The van der Waals surface area contributed by atoms with Gasteiger partial charge in [0.2, 0.25) is 0 Å². The molecule has 120 valence electrons. The number of carbonyl (C=O) groups excluding carboxylic acids is 1. The van der Waals surface area contributed by atoms with Gasteiger partial charge in [-0.3, -0.25) is 14.9 Å². The topological polar surface area (TPSA) is 63.5 Å². The maximum absolute atomic E-state index is 12.6. The fourth-order valence-electron chi connectivity index (χ4n) is 2.31. The van der Waals surface area contributed by atoms with E-state index in [-0.39, 0.29) is 18.1 Å². The Morgan fingerprint density at radius 1 is 1.26 bits per heavy atom. The molecule has 2 aromatic rings. The largest absolute Gasteiger partial charge is 0.337 e. The minimum absolute atomic E-state index is 0.0445. The highest BCUT2D eigenvalue weighted by molar-refractivity contribution is 6.31. The number of rotatable bonds is 4. The van der Waals surface area contributed by atoms with Gasteiger partial charge in [-0.25, -0.2) is 0 Å². The second-order valence-corrected chi connectivity index (χ2v) is 5.85. The molecule has 1 amide bonds. The van der Waals surface area contributed by atoms with E-state index < -0.39 is 4.92 Å². The number of nitro groups is 1. The van der Waals surface area contributed by atoms with Gasteiger partial charge in [0.05, 0.1) is 4.92 Å². The first kappa shape index (κ1) is 17.0. The molecule has 0 saturated heterocycles. The number of amides is 1. The third kappa shape index (κ3) is 3.68. The van der Waals surface area contributed by atoms with Crippen molar-refractivity contribution in [2.75, 3.05) is 7.05 Å². The third-order valence-electron chi connectivity index (χ3n) is 3.83. The molecule has 0 aliphatic carbocycles. The summed E-state index contributed by atoms with van der Waals surface area (Å²) in [6.45, 7) is 4.05. The Morgan fingerprint density at radius 2 is 1.96 bits per heavy atom.